The van der Waals surface area contributed by atoms with Crippen molar-refractivity contribution in [2.45, 2.75) is 71.1 Å². The molecule has 0 fully saturated rings. The van der Waals surface area contributed by atoms with Crippen molar-refractivity contribution in [1.29, 1.82) is 0 Å². The molecule has 0 spiro atoms. The summed E-state index contributed by atoms with van der Waals surface area (Å²) in [6, 6.07) is 10.8. The number of allylic oxidation sites excluding steroid dienone is 4. The Kier molecular flexibility index (Phi) is 7.62. The average Bonchev–Trinajstić information content (AvgIpc) is 2.58. The Labute approximate surface area is 159 Å². The van der Waals surface area contributed by atoms with Gasteiger partial charge in [0.1, 0.15) is 0 Å². The van der Waals surface area contributed by atoms with Crippen molar-refractivity contribution in [2.75, 3.05) is 0 Å². The molecular formula is C24H34S. The summed E-state index contributed by atoms with van der Waals surface area (Å²) in [6.07, 6.45) is 12.1. The van der Waals surface area contributed by atoms with Gasteiger partial charge in [-0.15, -0.1) is 0 Å². The molecule has 1 aromatic carbocycles. The largest absolute Gasteiger partial charge is 0.0988 e. The third kappa shape index (κ3) is 5.92. The number of benzene rings is 1. The van der Waals surface area contributed by atoms with E-state index in [1.807, 2.05) is 11.8 Å². The summed E-state index contributed by atoms with van der Waals surface area (Å²) < 4.78 is 0. The first-order valence-corrected chi connectivity index (χ1v) is 10.6. The number of hydrogen-bond acceptors (Lipinski definition) is 1. The molecular weight excluding hydrogens is 320 g/mol. The van der Waals surface area contributed by atoms with E-state index in [0.717, 1.165) is 6.42 Å². The van der Waals surface area contributed by atoms with Crippen molar-refractivity contribution < 1.29 is 0 Å². The Morgan fingerprint density at radius 1 is 1.08 bits per heavy atom. The second-order valence-corrected chi connectivity index (χ2v) is 9.10. The van der Waals surface area contributed by atoms with Gasteiger partial charge in [-0.05, 0) is 60.3 Å². The van der Waals surface area contributed by atoms with E-state index >= 15 is 0 Å². The van der Waals surface area contributed by atoms with Crippen molar-refractivity contribution >= 4 is 11.8 Å². The molecule has 1 heteroatoms. The highest BCUT2D eigenvalue weighted by molar-refractivity contribution is 8.03. The predicted octanol–water partition coefficient (Wildman–Crippen LogP) is 8.18. The van der Waals surface area contributed by atoms with Gasteiger partial charge in [0.2, 0.25) is 0 Å². The third-order valence-corrected chi connectivity index (χ3v) is 6.12. The summed E-state index contributed by atoms with van der Waals surface area (Å²) in [7, 11) is 0. The lowest BCUT2D eigenvalue weighted by molar-refractivity contribution is 0.352. The number of rotatable bonds is 8. The van der Waals surface area contributed by atoms with Crippen LogP contribution in [0.1, 0.15) is 66.2 Å². The SMILES string of the molecule is C=CC1=C(Sc2ccccc2)/C(=C/C(CCC)CCC)CC(C)(C)C1. The van der Waals surface area contributed by atoms with E-state index in [1.165, 1.54) is 47.5 Å². The van der Waals surface area contributed by atoms with Gasteiger partial charge in [-0.3, -0.25) is 0 Å². The molecule has 0 aromatic heterocycles. The third-order valence-electron chi connectivity index (χ3n) is 4.89. The highest BCUT2D eigenvalue weighted by Gasteiger charge is 2.30. The van der Waals surface area contributed by atoms with Crippen LogP contribution in [0.3, 0.4) is 0 Å². The molecule has 1 aromatic rings. The van der Waals surface area contributed by atoms with E-state index in [1.54, 1.807) is 5.57 Å². The quantitative estimate of drug-likeness (QED) is 0.453. The van der Waals surface area contributed by atoms with Crippen molar-refractivity contribution in [3.8, 4) is 0 Å². The van der Waals surface area contributed by atoms with Crippen molar-refractivity contribution in [1.82, 2.24) is 0 Å². The van der Waals surface area contributed by atoms with Gasteiger partial charge in [0.05, 0.1) is 0 Å². The van der Waals surface area contributed by atoms with E-state index in [4.69, 9.17) is 0 Å². The second kappa shape index (κ2) is 9.48. The van der Waals surface area contributed by atoms with Gasteiger partial charge in [0, 0.05) is 9.80 Å². The normalized spacial score (nSPS) is 18.8. The monoisotopic (exact) mass is 354 g/mol. The van der Waals surface area contributed by atoms with E-state index in [-0.39, 0.29) is 0 Å². The summed E-state index contributed by atoms with van der Waals surface area (Å²) in [5, 5.41) is 0. The highest BCUT2D eigenvalue weighted by atomic mass is 32.2. The molecule has 2 rings (SSSR count). The van der Waals surface area contributed by atoms with Crippen LogP contribution in [0.25, 0.3) is 0 Å². The van der Waals surface area contributed by atoms with E-state index < -0.39 is 0 Å². The first kappa shape index (κ1) is 20.1. The molecule has 25 heavy (non-hydrogen) atoms. The molecule has 0 heterocycles. The second-order valence-electron chi connectivity index (χ2n) is 8.02. The lowest BCUT2D eigenvalue weighted by Crippen LogP contribution is -2.19. The fourth-order valence-electron chi connectivity index (χ4n) is 3.83. The molecule has 0 saturated heterocycles. The lowest BCUT2D eigenvalue weighted by atomic mass is 9.74. The molecule has 0 aliphatic heterocycles. The predicted molar refractivity (Wildman–Crippen MR) is 114 cm³/mol. The van der Waals surface area contributed by atoms with Gasteiger partial charge in [-0.1, -0.05) is 89.2 Å². The summed E-state index contributed by atoms with van der Waals surface area (Å²) in [4.78, 5) is 2.78. The fraction of sp³-hybridized carbons (Fsp3) is 0.500. The minimum Gasteiger partial charge on any atom is -0.0988 e. The topological polar surface area (TPSA) is 0 Å². The van der Waals surface area contributed by atoms with E-state index in [0.29, 0.717) is 11.3 Å². The zero-order chi connectivity index (χ0) is 18.3. The fourth-order valence-corrected chi connectivity index (χ4v) is 4.92. The van der Waals surface area contributed by atoms with Crippen LogP contribution in [0.15, 0.2) is 70.0 Å². The van der Waals surface area contributed by atoms with Gasteiger partial charge >= 0.3 is 0 Å². The van der Waals surface area contributed by atoms with E-state index in [2.05, 4.69) is 76.8 Å². The van der Waals surface area contributed by atoms with Crippen LogP contribution in [-0.4, -0.2) is 0 Å². The smallest absolute Gasteiger partial charge is 0.0183 e. The molecule has 0 radical (unpaired) electrons. The Morgan fingerprint density at radius 2 is 1.72 bits per heavy atom. The molecule has 1 aliphatic rings. The standard InChI is InChI=1S/C24H34S/c1-6-12-19(13-7-2)16-21-18-24(4,5)17-20(8-3)23(21)25-22-14-10-9-11-15-22/h8-11,14-16,19H,3,6-7,12-13,17-18H2,1-2,4-5H3/b21-16+. The van der Waals surface area contributed by atoms with Gasteiger partial charge in [-0.2, -0.15) is 0 Å². The van der Waals surface area contributed by atoms with Gasteiger partial charge in [-0.25, -0.2) is 0 Å². The van der Waals surface area contributed by atoms with Crippen molar-refractivity contribution in [3.63, 3.8) is 0 Å². The lowest BCUT2D eigenvalue weighted by Gasteiger charge is -2.35. The minimum atomic E-state index is 0.319. The van der Waals surface area contributed by atoms with Crippen LogP contribution in [0.4, 0.5) is 0 Å². The van der Waals surface area contributed by atoms with Crippen molar-refractivity contribution in [2.24, 2.45) is 11.3 Å². The van der Waals surface area contributed by atoms with Gasteiger partial charge in [0.15, 0.2) is 0 Å². The Bertz CT molecular complexity index is 613. The van der Waals surface area contributed by atoms with Gasteiger partial charge < -0.3 is 0 Å². The Hall–Kier alpha value is -1.21. The summed E-state index contributed by atoms with van der Waals surface area (Å²) >= 11 is 1.92. The van der Waals surface area contributed by atoms with Crippen LogP contribution in [0, 0.1) is 11.3 Å². The first-order valence-electron chi connectivity index (χ1n) is 9.78. The molecule has 0 amide bonds. The molecule has 136 valence electrons. The molecule has 1 aliphatic carbocycles. The van der Waals surface area contributed by atoms with Crippen LogP contribution in [-0.2, 0) is 0 Å². The van der Waals surface area contributed by atoms with Gasteiger partial charge in [0.25, 0.3) is 0 Å². The summed E-state index contributed by atoms with van der Waals surface area (Å²) in [5.41, 5.74) is 3.29. The van der Waals surface area contributed by atoms with Crippen LogP contribution in [0.2, 0.25) is 0 Å². The molecule has 0 nitrogen and oxygen atoms in total. The Morgan fingerprint density at radius 3 is 2.28 bits per heavy atom. The maximum absolute atomic E-state index is 4.13. The molecule has 0 N–H and O–H groups in total. The average molecular weight is 355 g/mol. The van der Waals surface area contributed by atoms with Crippen LogP contribution >= 0.6 is 11.8 Å². The van der Waals surface area contributed by atoms with Crippen LogP contribution < -0.4 is 0 Å². The zero-order valence-corrected chi connectivity index (χ0v) is 17.3. The summed E-state index contributed by atoms with van der Waals surface area (Å²) in [6.45, 7) is 13.5. The zero-order valence-electron chi connectivity index (χ0n) is 16.5. The first-order chi connectivity index (χ1) is 12.0. The van der Waals surface area contributed by atoms with E-state index in [9.17, 15) is 0 Å². The number of hydrogen-bond donors (Lipinski definition) is 0. The molecule has 0 atom stereocenters. The van der Waals surface area contributed by atoms with Crippen molar-refractivity contribution in [3.05, 3.63) is 65.1 Å². The van der Waals surface area contributed by atoms with Crippen LogP contribution in [0.5, 0.6) is 0 Å². The number of thioether (sulfide) groups is 1. The maximum Gasteiger partial charge on any atom is 0.0183 e. The molecule has 0 bridgehead atoms. The maximum atomic E-state index is 4.13. The highest BCUT2D eigenvalue weighted by Crippen LogP contribution is 2.48. The minimum absolute atomic E-state index is 0.319. The summed E-state index contributed by atoms with van der Waals surface area (Å²) in [5.74, 6) is 0.705. The molecule has 0 unspecified atom stereocenters. The Balaban J connectivity index is 2.42. The molecule has 0 saturated carbocycles.